The van der Waals surface area contributed by atoms with Crippen LogP contribution in [0.1, 0.15) is 24.0 Å². The van der Waals surface area contributed by atoms with E-state index in [2.05, 4.69) is 22.8 Å². The minimum Gasteiger partial charge on any atom is -0.376 e. The summed E-state index contributed by atoms with van der Waals surface area (Å²) >= 11 is 0. The molecule has 1 aromatic carbocycles. The number of benzene rings is 1. The number of carbonyl (C=O) groups is 1. The third-order valence-electron chi connectivity index (χ3n) is 4.46. The Labute approximate surface area is 126 Å². The lowest BCUT2D eigenvalue weighted by Gasteiger charge is -2.23. The van der Waals surface area contributed by atoms with Gasteiger partial charge >= 0.3 is 0 Å². The van der Waals surface area contributed by atoms with Crippen LogP contribution in [0.25, 0.3) is 0 Å². The quantitative estimate of drug-likeness (QED) is 0.803. The van der Waals surface area contributed by atoms with Crippen LogP contribution in [0.15, 0.2) is 24.3 Å². The van der Waals surface area contributed by atoms with Gasteiger partial charge in [0.25, 0.3) is 0 Å². The van der Waals surface area contributed by atoms with Crippen molar-refractivity contribution in [1.82, 2.24) is 10.6 Å². The van der Waals surface area contributed by atoms with Crippen LogP contribution in [-0.4, -0.2) is 38.3 Å². The van der Waals surface area contributed by atoms with E-state index in [1.807, 2.05) is 12.1 Å². The van der Waals surface area contributed by atoms with Crippen LogP contribution in [0, 0.1) is 5.92 Å². The van der Waals surface area contributed by atoms with Crippen molar-refractivity contribution in [2.75, 3.05) is 26.2 Å². The molecule has 21 heavy (non-hydrogen) atoms. The first-order valence-corrected chi connectivity index (χ1v) is 8.00. The first-order valence-electron chi connectivity index (χ1n) is 8.00. The highest BCUT2D eigenvalue weighted by atomic mass is 16.5. The Morgan fingerprint density at radius 1 is 1.19 bits per heavy atom. The first-order chi connectivity index (χ1) is 10.3. The third-order valence-corrected chi connectivity index (χ3v) is 4.46. The maximum Gasteiger partial charge on any atom is 0.223 e. The van der Waals surface area contributed by atoms with Crippen molar-refractivity contribution in [3.8, 4) is 0 Å². The Morgan fingerprint density at radius 3 is 2.52 bits per heavy atom. The van der Waals surface area contributed by atoms with Gasteiger partial charge in [0, 0.05) is 12.5 Å². The van der Waals surface area contributed by atoms with Gasteiger partial charge in [0.1, 0.15) is 0 Å². The van der Waals surface area contributed by atoms with Gasteiger partial charge in [-0.05, 0) is 49.9 Å². The number of carbonyl (C=O) groups excluding carboxylic acids is 1. The molecule has 0 spiro atoms. The first kappa shape index (κ1) is 14.5. The lowest BCUT2D eigenvalue weighted by molar-refractivity contribution is -0.125. The van der Waals surface area contributed by atoms with Gasteiger partial charge in [-0.15, -0.1) is 0 Å². The SMILES string of the molecule is O=C(NCCOC1CCNCC1)C1Cc2ccccc2C1. The van der Waals surface area contributed by atoms with Crippen LogP contribution in [0.3, 0.4) is 0 Å². The van der Waals surface area contributed by atoms with Gasteiger partial charge in [-0.1, -0.05) is 24.3 Å². The van der Waals surface area contributed by atoms with Gasteiger partial charge in [-0.2, -0.15) is 0 Å². The van der Waals surface area contributed by atoms with Gasteiger partial charge in [0.05, 0.1) is 12.7 Å². The average molecular weight is 288 g/mol. The Hall–Kier alpha value is -1.39. The molecular formula is C17H24N2O2. The molecule has 1 saturated heterocycles. The summed E-state index contributed by atoms with van der Waals surface area (Å²) in [5.41, 5.74) is 2.65. The molecule has 1 heterocycles. The molecule has 114 valence electrons. The van der Waals surface area contributed by atoms with Crippen LogP contribution in [0.4, 0.5) is 0 Å². The second-order valence-electron chi connectivity index (χ2n) is 5.99. The van der Waals surface area contributed by atoms with E-state index >= 15 is 0 Å². The van der Waals surface area contributed by atoms with Crippen molar-refractivity contribution in [3.05, 3.63) is 35.4 Å². The summed E-state index contributed by atoms with van der Waals surface area (Å²) in [7, 11) is 0. The Morgan fingerprint density at radius 2 is 1.86 bits per heavy atom. The van der Waals surface area contributed by atoms with E-state index in [9.17, 15) is 4.79 Å². The van der Waals surface area contributed by atoms with E-state index in [0.29, 0.717) is 19.3 Å². The lowest BCUT2D eigenvalue weighted by Crippen LogP contribution is -2.36. The second kappa shape index (κ2) is 7.05. The predicted molar refractivity (Wildman–Crippen MR) is 82.2 cm³/mol. The second-order valence-corrected chi connectivity index (χ2v) is 5.99. The number of ether oxygens (including phenoxy) is 1. The normalized spacial score (nSPS) is 19.4. The summed E-state index contributed by atoms with van der Waals surface area (Å²) in [5, 5.41) is 6.34. The number of rotatable bonds is 5. The smallest absolute Gasteiger partial charge is 0.223 e. The average Bonchev–Trinajstić information content (AvgIpc) is 2.96. The molecule has 1 amide bonds. The molecular weight excluding hydrogens is 264 g/mol. The summed E-state index contributed by atoms with van der Waals surface area (Å²) < 4.78 is 5.80. The van der Waals surface area contributed by atoms with Gasteiger partial charge in [-0.3, -0.25) is 4.79 Å². The molecule has 2 aliphatic rings. The molecule has 1 aliphatic heterocycles. The Balaban J connectivity index is 1.36. The summed E-state index contributed by atoms with van der Waals surface area (Å²) in [6.07, 6.45) is 4.25. The number of fused-ring (bicyclic) bond motifs is 1. The maximum absolute atomic E-state index is 12.2. The molecule has 1 fully saturated rings. The van der Waals surface area contributed by atoms with Crippen molar-refractivity contribution >= 4 is 5.91 Å². The molecule has 0 unspecified atom stereocenters. The van der Waals surface area contributed by atoms with Gasteiger partial charge in [-0.25, -0.2) is 0 Å². The molecule has 3 rings (SSSR count). The zero-order valence-electron chi connectivity index (χ0n) is 12.4. The van der Waals surface area contributed by atoms with Crippen LogP contribution >= 0.6 is 0 Å². The van der Waals surface area contributed by atoms with E-state index in [-0.39, 0.29) is 11.8 Å². The summed E-state index contributed by atoms with van der Waals surface area (Å²) in [5.74, 6) is 0.265. The maximum atomic E-state index is 12.2. The fourth-order valence-corrected chi connectivity index (χ4v) is 3.25. The summed E-state index contributed by atoms with van der Waals surface area (Å²) in [6.45, 7) is 3.32. The van der Waals surface area contributed by atoms with E-state index in [1.54, 1.807) is 0 Å². The zero-order chi connectivity index (χ0) is 14.5. The minimum absolute atomic E-state index is 0.0984. The fourth-order valence-electron chi connectivity index (χ4n) is 3.25. The molecule has 0 saturated carbocycles. The monoisotopic (exact) mass is 288 g/mol. The molecule has 0 radical (unpaired) electrons. The third kappa shape index (κ3) is 3.83. The minimum atomic E-state index is 0.0984. The van der Waals surface area contributed by atoms with E-state index in [1.165, 1.54) is 11.1 Å². The Kier molecular flexibility index (Phi) is 4.88. The van der Waals surface area contributed by atoms with E-state index in [0.717, 1.165) is 38.8 Å². The number of piperidine rings is 1. The van der Waals surface area contributed by atoms with Crippen LogP contribution in [0.2, 0.25) is 0 Å². The molecule has 0 atom stereocenters. The van der Waals surface area contributed by atoms with Gasteiger partial charge < -0.3 is 15.4 Å². The van der Waals surface area contributed by atoms with Gasteiger partial charge in [0.15, 0.2) is 0 Å². The fraction of sp³-hybridized carbons (Fsp3) is 0.588. The van der Waals surface area contributed by atoms with E-state index < -0.39 is 0 Å². The van der Waals surface area contributed by atoms with Crippen LogP contribution in [-0.2, 0) is 22.4 Å². The molecule has 2 N–H and O–H groups in total. The highest BCUT2D eigenvalue weighted by molar-refractivity contribution is 5.80. The predicted octanol–water partition coefficient (Wildman–Crippen LogP) is 1.29. The standard InChI is InChI=1S/C17H24N2O2/c20-17(15-11-13-3-1-2-4-14(13)12-15)19-9-10-21-16-5-7-18-8-6-16/h1-4,15-16,18H,5-12H2,(H,19,20). The molecule has 4 heteroatoms. The molecule has 0 bridgehead atoms. The summed E-state index contributed by atoms with van der Waals surface area (Å²) in [4.78, 5) is 12.2. The zero-order valence-corrected chi connectivity index (χ0v) is 12.4. The summed E-state index contributed by atoms with van der Waals surface area (Å²) in [6, 6.07) is 8.35. The number of nitrogens with one attached hydrogen (secondary N) is 2. The topological polar surface area (TPSA) is 50.4 Å². The lowest BCUT2D eigenvalue weighted by atomic mass is 10.1. The van der Waals surface area contributed by atoms with Crippen molar-refractivity contribution < 1.29 is 9.53 Å². The Bertz CT molecular complexity index is 458. The highest BCUT2D eigenvalue weighted by Gasteiger charge is 2.26. The molecule has 1 aromatic rings. The van der Waals surface area contributed by atoms with Crippen molar-refractivity contribution in [2.24, 2.45) is 5.92 Å². The van der Waals surface area contributed by atoms with Crippen LogP contribution < -0.4 is 10.6 Å². The van der Waals surface area contributed by atoms with Crippen molar-refractivity contribution in [2.45, 2.75) is 31.8 Å². The number of hydrogen-bond acceptors (Lipinski definition) is 3. The molecule has 0 aromatic heterocycles. The van der Waals surface area contributed by atoms with Crippen molar-refractivity contribution in [1.29, 1.82) is 0 Å². The molecule has 1 aliphatic carbocycles. The van der Waals surface area contributed by atoms with Crippen molar-refractivity contribution in [3.63, 3.8) is 0 Å². The number of amides is 1. The van der Waals surface area contributed by atoms with Crippen LogP contribution in [0.5, 0.6) is 0 Å². The highest BCUT2D eigenvalue weighted by Crippen LogP contribution is 2.26. The number of hydrogen-bond donors (Lipinski definition) is 2. The van der Waals surface area contributed by atoms with Gasteiger partial charge in [0.2, 0.25) is 5.91 Å². The largest absolute Gasteiger partial charge is 0.376 e. The van der Waals surface area contributed by atoms with E-state index in [4.69, 9.17) is 4.74 Å². The molecule has 4 nitrogen and oxygen atoms in total.